The summed E-state index contributed by atoms with van der Waals surface area (Å²) in [4.78, 5) is 21.4. The number of rotatable bonds is 4. The van der Waals surface area contributed by atoms with Gasteiger partial charge in [0.2, 0.25) is 0 Å². The van der Waals surface area contributed by atoms with Crippen molar-refractivity contribution in [1.82, 2.24) is 9.88 Å². The highest BCUT2D eigenvalue weighted by Gasteiger charge is 2.45. The van der Waals surface area contributed by atoms with Crippen LogP contribution in [0.2, 0.25) is 0 Å². The topological polar surface area (TPSA) is 33.2 Å². The highest BCUT2D eigenvalue weighted by molar-refractivity contribution is 7.11. The molecule has 0 radical (unpaired) electrons. The van der Waals surface area contributed by atoms with Gasteiger partial charge in [-0.15, -0.1) is 11.3 Å². The van der Waals surface area contributed by atoms with Crippen LogP contribution in [0.5, 0.6) is 0 Å². The maximum absolute atomic E-state index is 13.1. The van der Waals surface area contributed by atoms with Crippen LogP contribution in [0.3, 0.4) is 0 Å². The minimum Gasteiger partial charge on any atom is -0.297 e. The van der Waals surface area contributed by atoms with Crippen LogP contribution < -0.4 is 0 Å². The summed E-state index contributed by atoms with van der Waals surface area (Å²) in [5, 5.41) is 1.01. The Balaban J connectivity index is 1.78. The number of aryl methyl sites for hydroxylation is 2. The molecule has 2 aliphatic rings. The molecule has 21 heavy (non-hydrogen) atoms. The van der Waals surface area contributed by atoms with Gasteiger partial charge in [-0.2, -0.15) is 0 Å². The van der Waals surface area contributed by atoms with Crippen LogP contribution in [-0.2, 0) is 11.2 Å². The molecule has 2 heterocycles. The Morgan fingerprint density at radius 2 is 1.81 bits per heavy atom. The van der Waals surface area contributed by atoms with Crippen LogP contribution in [0.1, 0.15) is 60.5 Å². The maximum Gasteiger partial charge on any atom is 0.159 e. The third-order valence-electron chi connectivity index (χ3n) is 5.30. The lowest BCUT2D eigenvalue weighted by molar-refractivity contribution is -0.131. The first kappa shape index (κ1) is 15.2. The predicted molar refractivity (Wildman–Crippen MR) is 86.9 cm³/mol. The summed E-state index contributed by atoms with van der Waals surface area (Å²) >= 11 is 1.70. The summed E-state index contributed by atoms with van der Waals surface area (Å²) in [7, 11) is 0. The van der Waals surface area contributed by atoms with Crippen LogP contribution in [0, 0.1) is 13.8 Å². The Morgan fingerprint density at radius 1 is 1.14 bits per heavy atom. The second-order valence-electron chi connectivity index (χ2n) is 6.64. The van der Waals surface area contributed by atoms with Gasteiger partial charge in [0.1, 0.15) is 5.01 Å². The molecule has 1 aromatic rings. The number of aromatic nitrogens is 1. The second kappa shape index (κ2) is 6.17. The first-order chi connectivity index (χ1) is 10.1. The molecule has 3 rings (SSSR count). The average Bonchev–Trinajstić information content (AvgIpc) is 3.09. The van der Waals surface area contributed by atoms with Gasteiger partial charge < -0.3 is 0 Å². The van der Waals surface area contributed by atoms with Crippen molar-refractivity contribution in [1.29, 1.82) is 0 Å². The van der Waals surface area contributed by atoms with Gasteiger partial charge in [-0.25, -0.2) is 4.98 Å². The van der Waals surface area contributed by atoms with Gasteiger partial charge in [0, 0.05) is 4.88 Å². The lowest BCUT2D eigenvalue weighted by Crippen LogP contribution is -2.55. The molecule has 116 valence electrons. The summed E-state index contributed by atoms with van der Waals surface area (Å²) in [6.07, 6.45) is 8.91. The minimum atomic E-state index is -0.159. The van der Waals surface area contributed by atoms with E-state index in [1.807, 2.05) is 6.92 Å². The summed E-state index contributed by atoms with van der Waals surface area (Å²) < 4.78 is 0. The van der Waals surface area contributed by atoms with E-state index in [2.05, 4.69) is 16.8 Å². The number of hydrogen-bond acceptors (Lipinski definition) is 4. The molecule has 1 saturated carbocycles. The molecule has 0 atom stereocenters. The summed E-state index contributed by atoms with van der Waals surface area (Å²) in [6, 6.07) is 0. The molecular formula is C17H26N2OS. The minimum absolute atomic E-state index is 0.159. The lowest BCUT2D eigenvalue weighted by atomic mass is 9.86. The second-order valence-corrected chi connectivity index (χ2v) is 7.92. The van der Waals surface area contributed by atoms with Crippen molar-refractivity contribution in [3.63, 3.8) is 0 Å². The van der Waals surface area contributed by atoms with E-state index in [1.54, 1.807) is 11.3 Å². The van der Waals surface area contributed by atoms with Crippen LogP contribution in [0.4, 0.5) is 0 Å². The molecule has 0 aromatic carbocycles. The quantitative estimate of drug-likeness (QED) is 0.851. The van der Waals surface area contributed by atoms with Crippen LogP contribution >= 0.6 is 11.3 Å². The number of hydrogen-bond donors (Lipinski definition) is 0. The Morgan fingerprint density at radius 3 is 2.38 bits per heavy atom. The number of piperidine rings is 1. The number of carbonyl (C=O) groups excluding carboxylic acids is 1. The van der Waals surface area contributed by atoms with Crippen molar-refractivity contribution < 1.29 is 4.79 Å². The highest BCUT2D eigenvalue weighted by atomic mass is 32.1. The summed E-state index contributed by atoms with van der Waals surface area (Å²) in [5.74, 6) is 0.427. The number of Topliss-reactive ketones (excluding diaryl/α,β-unsaturated/α-hetero) is 1. The van der Waals surface area contributed by atoms with Crippen molar-refractivity contribution in [2.45, 2.75) is 70.8 Å². The monoisotopic (exact) mass is 306 g/mol. The fourth-order valence-electron chi connectivity index (χ4n) is 3.97. The van der Waals surface area contributed by atoms with Crippen LogP contribution in [0.25, 0.3) is 0 Å². The summed E-state index contributed by atoms with van der Waals surface area (Å²) in [6.45, 7) is 6.36. The highest BCUT2D eigenvalue weighted by Crippen LogP contribution is 2.38. The smallest absolute Gasteiger partial charge is 0.159 e. The van der Waals surface area contributed by atoms with Gasteiger partial charge in [0.05, 0.1) is 17.7 Å². The fourth-order valence-corrected chi connectivity index (χ4v) is 4.90. The van der Waals surface area contributed by atoms with Crippen molar-refractivity contribution in [2.24, 2.45) is 0 Å². The van der Waals surface area contributed by atoms with E-state index in [0.717, 1.165) is 36.6 Å². The SMILES string of the molecule is Cc1nc(CC(=O)C2(N3CCCCC3)CCCC2)sc1C. The van der Waals surface area contributed by atoms with Gasteiger partial charge in [0.15, 0.2) is 5.78 Å². The van der Waals surface area contributed by atoms with E-state index < -0.39 is 0 Å². The number of likely N-dealkylation sites (tertiary alicyclic amines) is 1. The molecule has 1 aliphatic carbocycles. The molecule has 0 unspecified atom stereocenters. The first-order valence-corrected chi connectivity index (χ1v) is 9.15. The van der Waals surface area contributed by atoms with E-state index in [0.29, 0.717) is 12.2 Å². The summed E-state index contributed by atoms with van der Waals surface area (Å²) in [5.41, 5.74) is 0.926. The van der Waals surface area contributed by atoms with E-state index in [9.17, 15) is 4.79 Å². The fraction of sp³-hybridized carbons (Fsp3) is 0.765. The first-order valence-electron chi connectivity index (χ1n) is 8.33. The molecule has 3 nitrogen and oxygen atoms in total. The standard InChI is InChI=1S/C17H26N2OS/c1-13-14(2)21-16(18-13)12-15(20)17(8-4-5-9-17)19-10-6-3-7-11-19/h3-12H2,1-2H3. The van der Waals surface area contributed by atoms with E-state index in [4.69, 9.17) is 0 Å². The molecule has 4 heteroatoms. The molecule has 1 saturated heterocycles. The molecule has 2 fully saturated rings. The Kier molecular flexibility index (Phi) is 4.46. The third-order valence-corrected chi connectivity index (χ3v) is 6.37. The Hall–Kier alpha value is -0.740. The average molecular weight is 306 g/mol. The van der Waals surface area contributed by atoms with Crippen molar-refractivity contribution >= 4 is 17.1 Å². The number of carbonyl (C=O) groups is 1. The van der Waals surface area contributed by atoms with Crippen LogP contribution in [-0.4, -0.2) is 34.3 Å². The zero-order valence-corrected chi connectivity index (χ0v) is 14.1. The third kappa shape index (κ3) is 2.93. The van der Waals surface area contributed by atoms with Gasteiger partial charge >= 0.3 is 0 Å². The van der Waals surface area contributed by atoms with E-state index in [1.165, 1.54) is 37.0 Å². The van der Waals surface area contributed by atoms with Gasteiger partial charge in [-0.05, 0) is 52.6 Å². The van der Waals surface area contributed by atoms with Gasteiger partial charge in [-0.1, -0.05) is 19.3 Å². The largest absolute Gasteiger partial charge is 0.297 e. The zero-order chi connectivity index (χ0) is 14.9. The van der Waals surface area contributed by atoms with Crippen molar-refractivity contribution in [2.75, 3.05) is 13.1 Å². The Bertz CT molecular complexity index is 491. The number of thiazole rings is 1. The van der Waals surface area contributed by atoms with Gasteiger partial charge in [-0.3, -0.25) is 9.69 Å². The normalized spacial score (nSPS) is 22.6. The zero-order valence-electron chi connectivity index (χ0n) is 13.3. The molecule has 0 spiro atoms. The Labute approximate surface area is 131 Å². The molecule has 0 N–H and O–H groups in total. The van der Waals surface area contributed by atoms with Crippen molar-refractivity contribution in [3.8, 4) is 0 Å². The number of ketones is 1. The molecule has 0 amide bonds. The molecular weight excluding hydrogens is 280 g/mol. The molecule has 1 aliphatic heterocycles. The lowest BCUT2D eigenvalue weighted by Gasteiger charge is -2.42. The molecule has 0 bridgehead atoms. The molecule has 1 aromatic heterocycles. The predicted octanol–water partition coefficient (Wildman–Crippen LogP) is 3.67. The van der Waals surface area contributed by atoms with Crippen molar-refractivity contribution in [3.05, 3.63) is 15.6 Å². The number of nitrogens with zero attached hydrogens (tertiary/aromatic N) is 2. The maximum atomic E-state index is 13.1. The van der Waals surface area contributed by atoms with E-state index >= 15 is 0 Å². The van der Waals surface area contributed by atoms with Gasteiger partial charge in [0.25, 0.3) is 0 Å². The van der Waals surface area contributed by atoms with E-state index in [-0.39, 0.29) is 5.54 Å². The van der Waals surface area contributed by atoms with Crippen LogP contribution in [0.15, 0.2) is 0 Å².